The lowest BCUT2D eigenvalue weighted by molar-refractivity contribution is -0.376. The molecule has 10 atom stereocenters. The van der Waals surface area contributed by atoms with Crippen molar-refractivity contribution in [1.29, 1.82) is 0 Å². The summed E-state index contributed by atoms with van der Waals surface area (Å²) in [5.74, 6) is -0.659. The van der Waals surface area contributed by atoms with Crippen LogP contribution < -0.4 is 0 Å². The van der Waals surface area contributed by atoms with Gasteiger partial charge < -0.3 is 54.7 Å². The van der Waals surface area contributed by atoms with Crippen molar-refractivity contribution in [3.63, 3.8) is 0 Å². The molecule has 0 aromatic rings. The molecule has 2 rings (SSSR count). The zero-order valence-corrected chi connectivity index (χ0v) is 13.9. The summed E-state index contributed by atoms with van der Waals surface area (Å²) in [6.45, 7) is 0.00649. The Morgan fingerprint density at radius 3 is 1.73 bits per heavy atom. The van der Waals surface area contributed by atoms with Gasteiger partial charge in [-0.25, -0.2) is 0 Å². The van der Waals surface area contributed by atoms with E-state index in [-0.39, 0.29) is 0 Å². The maximum absolute atomic E-state index is 10.9. The van der Waals surface area contributed by atoms with Gasteiger partial charge in [0.25, 0.3) is 0 Å². The van der Waals surface area contributed by atoms with Crippen molar-refractivity contribution < 1.29 is 59.5 Å². The van der Waals surface area contributed by atoms with E-state index in [1.165, 1.54) is 0 Å². The number of ether oxygens (including phenoxy) is 4. The summed E-state index contributed by atoms with van der Waals surface area (Å²) in [6.07, 6.45) is -15.9. The van der Waals surface area contributed by atoms with Crippen molar-refractivity contribution in [2.24, 2.45) is 0 Å². The van der Waals surface area contributed by atoms with Gasteiger partial charge in [0.15, 0.2) is 12.6 Å². The van der Waals surface area contributed by atoms with Crippen LogP contribution in [0.2, 0.25) is 0 Å². The number of aliphatic hydroxyl groups excluding tert-OH is 7. The second-order valence-electron chi connectivity index (χ2n) is 6.15. The molecule has 0 bridgehead atoms. The summed E-state index contributed by atoms with van der Waals surface area (Å²) in [6, 6.07) is 0. The van der Waals surface area contributed by atoms with Crippen molar-refractivity contribution in [3.05, 3.63) is 0 Å². The lowest BCUT2D eigenvalue weighted by Gasteiger charge is -2.44. The minimum Gasteiger partial charge on any atom is -0.463 e. The van der Waals surface area contributed by atoms with Crippen molar-refractivity contribution in [2.45, 2.75) is 68.3 Å². The number of aliphatic hydroxyl groups is 7. The number of carbonyl (C=O) groups excluding carboxylic acids is 1. The maximum Gasteiger partial charge on any atom is 0.302 e. The van der Waals surface area contributed by atoms with Crippen LogP contribution in [0.5, 0.6) is 0 Å². The molecule has 0 aromatic carbocycles. The van der Waals surface area contributed by atoms with Crippen molar-refractivity contribution in [1.82, 2.24) is 0 Å². The highest BCUT2D eigenvalue weighted by Crippen LogP contribution is 2.28. The third-order valence-electron chi connectivity index (χ3n) is 4.24. The van der Waals surface area contributed by atoms with Crippen LogP contribution in [0.3, 0.4) is 0 Å². The minimum atomic E-state index is -1.76. The molecule has 12 nitrogen and oxygen atoms in total. The SMILES string of the molecule is CC(=O)OCC1O[C@H](O[C@H]2OC(CO)[C@@H](O)C(O)C2O)C(O)C(O)[C@@H]1O. The predicted molar refractivity (Wildman–Crippen MR) is 78.2 cm³/mol. The van der Waals surface area contributed by atoms with Crippen LogP contribution in [-0.4, -0.2) is 116 Å². The zero-order chi connectivity index (χ0) is 19.6. The molecular weight excluding hydrogens is 360 g/mol. The molecule has 0 aromatic heterocycles. The van der Waals surface area contributed by atoms with Gasteiger partial charge in [-0.3, -0.25) is 4.79 Å². The first-order valence-electron chi connectivity index (χ1n) is 7.96. The Morgan fingerprint density at radius 1 is 0.808 bits per heavy atom. The van der Waals surface area contributed by atoms with E-state index in [4.69, 9.17) is 24.1 Å². The van der Waals surface area contributed by atoms with Crippen molar-refractivity contribution in [3.8, 4) is 0 Å². The normalized spacial score (nSPS) is 46.8. The monoisotopic (exact) mass is 384 g/mol. The fourth-order valence-corrected chi connectivity index (χ4v) is 2.68. The zero-order valence-electron chi connectivity index (χ0n) is 13.9. The van der Waals surface area contributed by atoms with Gasteiger partial charge in [-0.05, 0) is 0 Å². The highest BCUT2D eigenvalue weighted by molar-refractivity contribution is 5.65. The molecule has 0 spiro atoms. The standard InChI is InChI=1S/C14H24O12/c1-4(16)23-3-6-8(18)10(20)12(22)14(25-6)26-13-11(21)9(19)7(17)5(2-15)24-13/h5-15,17-22H,2-3H2,1H3/t5?,6?,7-,8-,9?,10?,11?,12?,13-,14-/m1/s1. The average molecular weight is 384 g/mol. The van der Waals surface area contributed by atoms with Gasteiger partial charge in [0.2, 0.25) is 0 Å². The maximum atomic E-state index is 10.9. The summed E-state index contributed by atoms with van der Waals surface area (Å²) in [5.41, 5.74) is 0. The number of rotatable bonds is 5. The lowest BCUT2D eigenvalue weighted by atomic mass is 9.98. The second-order valence-corrected chi connectivity index (χ2v) is 6.15. The van der Waals surface area contributed by atoms with Crippen LogP contribution >= 0.6 is 0 Å². The van der Waals surface area contributed by atoms with Gasteiger partial charge in [-0.2, -0.15) is 0 Å². The molecule has 152 valence electrons. The molecule has 7 N–H and O–H groups in total. The molecule has 26 heavy (non-hydrogen) atoms. The van der Waals surface area contributed by atoms with E-state index in [2.05, 4.69) is 0 Å². The first-order valence-corrected chi connectivity index (χ1v) is 7.96. The van der Waals surface area contributed by atoms with Crippen LogP contribution in [0, 0.1) is 0 Å². The van der Waals surface area contributed by atoms with Crippen LogP contribution in [-0.2, 0) is 23.7 Å². The van der Waals surface area contributed by atoms with Crippen molar-refractivity contribution in [2.75, 3.05) is 13.2 Å². The topological polar surface area (TPSA) is 196 Å². The van der Waals surface area contributed by atoms with E-state index in [1.54, 1.807) is 0 Å². The molecule has 0 aliphatic carbocycles. The molecule has 0 radical (unpaired) electrons. The fraction of sp³-hybridized carbons (Fsp3) is 0.929. The van der Waals surface area contributed by atoms with E-state index < -0.39 is 80.6 Å². The van der Waals surface area contributed by atoms with Crippen LogP contribution in [0.4, 0.5) is 0 Å². The highest BCUT2D eigenvalue weighted by Gasteiger charge is 2.49. The van der Waals surface area contributed by atoms with Gasteiger partial charge in [0.1, 0.15) is 55.4 Å². The predicted octanol–water partition coefficient (Wildman–Crippen LogP) is -4.83. The molecule has 2 saturated heterocycles. The van der Waals surface area contributed by atoms with E-state index in [9.17, 15) is 35.4 Å². The first kappa shape index (κ1) is 21.4. The Balaban J connectivity index is 2.07. The number of esters is 1. The summed E-state index contributed by atoms with van der Waals surface area (Å²) >= 11 is 0. The van der Waals surface area contributed by atoms with E-state index in [1.807, 2.05) is 0 Å². The Morgan fingerprint density at radius 2 is 1.27 bits per heavy atom. The molecule has 6 unspecified atom stereocenters. The quantitative estimate of drug-likeness (QED) is 0.224. The number of hydrogen-bond donors (Lipinski definition) is 7. The Kier molecular flexibility index (Phi) is 7.27. The number of hydrogen-bond acceptors (Lipinski definition) is 12. The average Bonchev–Trinajstić information content (AvgIpc) is 2.61. The fourth-order valence-electron chi connectivity index (χ4n) is 2.68. The van der Waals surface area contributed by atoms with Crippen LogP contribution in [0.15, 0.2) is 0 Å². The lowest BCUT2D eigenvalue weighted by Crippen LogP contribution is -2.63. The summed E-state index contributed by atoms with van der Waals surface area (Å²) in [5, 5.41) is 68.3. The molecule has 2 aliphatic heterocycles. The van der Waals surface area contributed by atoms with Crippen molar-refractivity contribution >= 4 is 5.97 Å². The van der Waals surface area contributed by atoms with Crippen LogP contribution in [0.25, 0.3) is 0 Å². The smallest absolute Gasteiger partial charge is 0.302 e. The van der Waals surface area contributed by atoms with Crippen LogP contribution in [0.1, 0.15) is 6.92 Å². The van der Waals surface area contributed by atoms with Gasteiger partial charge in [-0.15, -0.1) is 0 Å². The highest BCUT2D eigenvalue weighted by atomic mass is 16.8. The third kappa shape index (κ3) is 4.48. The molecule has 2 aliphatic rings. The van der Waals surface area contributed by atoms with Gasteiger partial charge in [0.05, 0.1) is 6.61 Å². The molecule has 0 amide bonds. The summed E-state index contributed by atoms with van der Waals surface area (Å²) in [4.78, 5) is 10.9. The van der Waals surface area contributed by atoms with Gasteiger partial charge in [-0.1, -0.05) is 0 Å². The Hall–Kier alpha value is -0.930. The largest absolute Gasteiger partial charge is 0.463 e. The Bertz CT molecular complexity index is 473. The first-order chi connectivity index (χ1) is 12.2. The summed E-state index contributed by atoms with van der Waals surface area (Å²) in [7, 11) is 0. The number of carbonyl (C=O) groups is 1. The molecule has 0 saturated carbocycles. The second kappa shape index (κ2) is 8.84. The molecule has 12 heteroatoms. The molecular formula is C14H24O12. The third-order valence-corrected chi connectivity index (χ3v) is 4.24. The van der Waals surface area contributed by atoms with E-state index >= 15 is 0 Å². The minimum absolute atomic E-state index is 0.436. The van der Waals surface area contributed by atoms with E-state index in [0.717, 1.165) is 6.92 Å². The van der Waals surface area contributed by atoms with E-state index in [0.29, 0.717) is 0 Å². The van der Waals surface area contributed by atoms with Gasteiger partial charge >= 0.3 is 5.97 Å². The molecule has 2 fully saturated rings. The Labute approximate surface area is 148 Å². The van der Waals surface area contributed by atoms with Gasteiger partial charge in [0, 0.05) is 6.92 Å². The summed E-state index contributed by atoms with van der Waals surface area (Å²) < 4.78 is 20.3. The molecule has 2 heterocycles.